The van der Waals surface area contributed by atoms with E-state index in [0.29, 0.717) is 5.82 Å². The van der Waals surface area contributed by atoms with E-state index in [1.165, 1.54) is 0 Å². The van der Waals surface area contributed by atoms with Crippen LogP contribution < -0.4 is 0 Å². The Morgan fingerprint density at radius 2 is 2.06 bits per heavy atom. The average Bonchev–Trinajstić information content (AvgIpc) is 2.67. The van der Waals surface area contributed by atoms with Crippen molar-refractivity contribution in [2.75, 3.05) is 11.5 Å². The molecule has 0 fully saturated rings. The summed E-state index contributed by atoms with van der Waals surface area (Å²) < 4.78 is 22.8. The summed E-state index contributed by atoms with van der Waals surface area (Å²) in [4.78, 5) is 17.6. The number of fused-ring (bicyclic) bond motifs is 1. The lowest BCUT2D eigenvalue weighted by atomic mass is 10.3. The Balaban J connectivity index is 2.08. The maximum Gasteiger partial charge on any atom is 0.318 e. The second-order valence-electron chi connectivity index (χ2n) is 3.94. The molecule has 0 atom stereocenters. The highest BCUT2D eigenvalue weighted by molar-refractivity contribution is 7.92. The van der Waals surface area contributed by atoms with E-state index >= 15 is 0 Å². The Kier molecular flexibility index (Phi) is 3.33. The number of rotatable bonds is 5. The van der Waals surface area contributed by atoms with E-state index in [0.717, 1.165) is 11.0 Å². The molecule has 0 aliphatic carbocycles. The molecule has 0 bridgehead atoms. The van der Waals surface area contributed by atoms with Crippen LogP contribution >= 0.6 is 0 Å². The fraction of sp³-hybridized carbons (Fsp3) is 0.273. The first-order valence-corrected chi connectivity index (χ1v) is 7.14. The molecule has 0 radical (unpaired) electrons. The van der Waals surface area contributed by atoms with E-state index in [9.17, 15) is 13.2 Å². The average molecular weight is 268 g/mol. The summed E-state index contributed by atoms with van der Waals surface area (Å²) in [5.74, 6) is -1.85. The Morgan fingerprint density at radius 3 is 2.72 bits per heavy atom. The molecule has 2 rings (SSSR count). The zero-order chi connectivity index (χ0) is 13.2. The Bertz CT molecular complexity index is 642. The van der Waals surface area contributed by atoms with Gasteiger partial charge in [-0.2, -0.15) is 0 Å². The van der Waals surface area contributed by atoms with Gasteiger partial charge in [0.2, 0.25) is 0 Å². The van der Waals surface area contributed by atoms with Crippen LogP contribution in [0.3, 0.4) is 0 Å². The summed E-state index contributed by atoms with van der Waals surface area (Å²) in [6.45, 7) is 0. The van der Waals surface area contributed by atoms with Gasteiger partial charge in [-0.25, -0.2) is 13.4 Å². The smallest absolute Gasteiger partial charge is 0.318 e. The van der Waals surface area contributed by atoms with Crippen molar-refractivity contribution in [3.63, 3.8) is 0 Å². The Morgan fingerprint density at radius 1 is 1.33 bits per heavy atom. The Labute approximate surface area is 104 Å². The molecule has 18 heavy (non-hydrogen) atoms. The molecule has 0 unspecified atom stereocenters. The summed E-state index contributed by atoms with van der Waals surface area (Å²) in [5.41, 5.74) is 1.60. The molecule has 1 aromatic heterocycles. The lowest BCUT2D eigenvalue weighted by molar-refractivity contribution is -0.134. The molecule has 1 heterocycles. The van der Waals surface area contributed by atoms with E-state index in [1.807, 2.05) is 24.3 Å². The predicted molar refractivity (Wildman–Crippen MR) is 66.1 cm³/mol. The third-order valence-electron chi connectivity index (χ3n) is 2.43. The quantitative estimate of drug-likeness (QED) is 0.827. The molecule has 6 nitrogen and oxygen atoms in total. The maximum atomic E-state index is 11.4. The van der Waals surface area contributed by atoms with Crippen molar-refractivity contribution in [1.29, 1.82) is 0 Å². The number of carbonyl (C=O) groups is 1. The first-order chi connectivity index (χ1) is 8.46. The molecule has 0 saturated carbocycles. The summed E-state index contributed by atoms with van der Waals surface area (Å²) in [5, 5.41) is 8.46. The summed E-state index contributed by atoms with van der Waals surface area (Å²) in [7, 11) is -3.58. The number of carboxylic acids is 1. The number of para-hydroxylation sites is 2. The van der Waals surface area contributed by atoms with Gasteiger partial charge >= 0.3 is 5.97 Å². The van der Waals surface area contributed by atoms with Gasteiger partial charge in [0.15, 0.2) is 9.84 Å². The van der Waals surface area contributed by atoms with E-state index < -0.39 is 21.6 Å². The molecular formula is C11H12N2O4S. The molecule has 0 saturated heterocycles. The molecular weight excluding hydrogens is 256 g/mol. The van der Waals surface area contributed by atoms with Crippen molar-refractivity contribution >= 4 is 26.8 Å². The number of nitrogens with zero attached hydrogens (tertiary/aromatic N) is 1. The monoisotopic (exact) mass is 268 g/mol. The van der Waals surface area contributed by atoms with E-state index in [-0.39, 0.29) is 12.2 Å². The predicted octanol–water partition coefficient (Wildman–Crippen LogP) is 0.605. The van der Waals surface area contributed by atoms with Gasteiger partial charge in [-0.1, -0.05) is 12.1 Å². The van der Waals surface area contributed by atoms with Crippen LogP contribution in [0.25, 0.3) is 11.0 Å². The standard InChI is InChI=1S/C11H12N2O4S/c14-11(15)7-18(16,17)6-5-10-12-8-3-1-2-4-9(8)13-10/h1-4H,5-7H2,(H,12,13)(H,14,15). The number of benzene rings is 1. The van der Waals surface area contributed by atoms with Crippen LogP contribution in [0, 0.1) is 0 Å². The molecule has 0 aliphatic heterocycles. The SMILES string of the molecule is O=C(O)CS(=O)(=O)CCc1nc2ccccc2[nH]1. The number of aryl methyl sites for hydroxylation is 1. The Hall–Kier alpha value is -1.89. The lowest BCUT2D eigenvalue weighted by Crippen LogP contribution is -2.19. The van der Waals surface area contributed by atoms with E-state index in [2.05, 4.69) is 9.97 Å². The molecule has 96 valence electrons. The first kappa shape index (κ1) is 12.6. The van der Waals surface area contributed by atoms with Gasteiger partial charge in [-0.3, -0.25) is 4.79 Å². The fourth-order valence-corrected chi connectivity index (χ4v) is 2.66. The number of imidazole rings is 1. The van der Waals surface area contributed by atoms with Crippen LogP contribution in [0.15, 0.2) is 24.3 Å². The van der Waals surface area contributed by atoms with Gasteiger partial charge in [-0.15, -0.1) is 0 Å². The summed E-state index contributed by atoms with van der Waals surface area (Å²) in [6, 6.07) is 7.36. The number of aromatic amines is 1. The second-order valence-corrected chi connectivity index (χ2v) is 6.12. The van der Waals surface area contributed by atoms with Gasteiger partial charge in [0.25, 0.3) is 0 Å². The van der Waals surface area contributed by atoms with Gasteiger partial charge in [0.05, 0.1) is 16.8 Å². The van der Waals surface area contributed by atoms with Crippen molar-refractivity contribution in [2.45, 2.75) is 6.42 Å². The van der Waals surface area contributed by atoms with E-state index in [1.54, 1.807) is 0 Å². The van der Waals surface area contributed by atoms with Crippen LogP contribution in [-0.4, -0.2) is 41.0 Å². The number of H-pyrrole nitrogens is 1. The van der Waals surface area contributed by atoms with Crippen molar-refractivity contribution < 1.29 is 18.3 Å². The van der Waals surface area contributed by atoms with Crippen LogP contribution in [0.1, 0.15) is 5.82 Å². The molecule has 0 amide bonds. The number of nitrogens with one attached hydrogen (secondary N) is 1. The van der Waals surface area contributed by atoms with Gasteiger partial charge in [-0.05, 0) is 12.1 Å². The molecule has 1 aromatic carbocycles. The molecule has 7 heteroatoms. The number of aliphatic carboxylic acids is 1. The number of hydrogen-bond donors (Lipinski definition) is 2. The largest absolute Gasteiger partial charge is 0.480 e. The van der Waals surface area contributed by atoms with Crippen molar-refractivity contribution in [3.8, 4) is 0 Å². The van der Waals surface area contributed by atoms with Crippen LogP contribution in [0.2, 0.25) is 0 Å². The van der Waals surface area contributed by atoms with Crippen LogP contribution in [0.5, 0.6) is 0 Å². The maximum absolute atomic E-state index is 11.4. The van der Waals surface area contributed by atoms with Crippen molar-refractivity contribution in [2.24, 2.45) is 0 Å². The third kappa shape index (κ3) is 3.07. The fourth-order valence-electron chi connectivity index (χ4n) is 1.64. The van der Waals surface area contributed by atoms with Crippen LogP contribution in [-0.2, 0) is 21.1 Å². The number of carboxylic acid groups (broad SMARTS) is 1. The number of aromatic nitrogens is 2. The minimum absolute atomic E-state index is 0.185. The number of hydrogen-bond acceptors (Lipinski definition) is 4. The zero-order valence-electron chi connectivity index (χ0n) is 9.46. The molecule has 0 aliphatic rings. The minimum Gasteiger partial charge on any atom is -0.480 e. The zero-order valence-corrected chi connectivity index (χ0v) is 10.3. The summed E-state index contributed by atoms with van der Waals surface area (Å²) in [6.07, 6.45) is 0.185. The normalized spacial score (nSPS) is 11.8. The highest BCUT2D eigenvalue weighted by atomic mass is 32.2. The lowest BCUT2D eigenvalue weighted by Gasteiger charge is -1.98. The third-order valence-corrected chi connectivity index (χ3v) is 3.94. The van der Waals surface area contributed by atoms with Crippen molar-refractivity contribution in [3.05, 3.63) is 30.1 Å². The molecule has 2 aromatic rings. The van der Waals surface area contributed by atoms with E-state index in [4.69, 9.17) is 5.11 Å². The topological polar surface area (TPSA) is 100 Å². The van der Waals surface area contributed by atoms with Gasteiger partial charge in [0.1, 0.15) is 11.6 Å². The highest BCUT2D eigenvalue weighted by Crippen LogP contribution is 2.11. The molecule has 2 N–H and O–H groups in total. The van der Waals surface area contributed by atoms with Gasteiger partial charge in [0, 0.05) is 6.42 Å². The molecule has 0 spiro atoms. The summed E-state index contributed by atoms with van der Waals surface area (Å²) >= 11 is 0. The van der Waals surface area contributed by atoms with Crippen molar-refractivity contribution in [1.82, 2.24) is 9.97 Å². The minimum atomic E-state index is -3.58. The van der Waals surface area contributed by atoms with Crippen LogP contribution in [0.4, 0.5) is 0 Å². The first-order valence-electron chi connectivity index (χ1n) is 5.32. The number of sulfone groups is 1. The second kappa shape index (κ2) is 4.77. The highest BCUT2D eigenvalue weighted by Gasteiger charge is 2.16. The van der Waals surface area contributed by atoms with Gasteiger partial charge < -0.3 is 10.1 Å².